The first-order valence-electron chi connectivity index (χ1n) is 8.43. The van der Waals surface area contributed by atoms with Crippen molar-refractivity contribution in [1.29, 1.82) is 0 Å². The number of morpholine rings is 1. The fourth-order valence-electron chi connectivity index (χ4n) is 3.20. The minimum absolute atomic E-state index is 0.0926. The standard InChI is InChI=1S/C15H25N5O4S/c1-12-10-20(11-13(2)24-12)25(21,22)19-8-6-18(7-9-19)15-16-5-4-14(17-15)23-3/h4-5,12-13H,6-11H2,1-3H3/t12-,13+. The molecule has 0 N–H and O–H groups in total. The van der Waals surface area contributed by atoms with Crippen LogP contribution >= 0.6 is 0 Å². The number of piperazine rings is 1. The van der Waals surface area contributed by atoms with Crippen molar-refractivity contribution in [3.05, 3.63) is 12.3 Å². The van der Waals surface area contributed by atoms with Gasteiger partial charge in [-0.1, -0.05) is 0 Å². The zero-order chi connectivity index (χ0) is 18.0. The lowest BCUT2D eigenvalue weighted by molar-refractivity contribution is -0.0455. The van der Waals surface area contributed by atoms with E-state index in [0.29, 0.717) is 51.1 Å². The Kier molecular flexibility index (Phi) is 5.42. The first-order valence-corrected chi connectivity index (χ1v) is 9.82. The van der Waals surface area contributed by atoms with E-state index in [1.807, 2.05) is 18.7 Å². The summed E-state index contributed by atoms with van der Waals surface area (Å²) in [6, 6.07) is 1.69. The van der Waals surface area contributed by atoms with E-state index in [1.165, 1.54) is 8.61 Å². The van der Waals surface area contributed by atoms with Crippen LogP contribution in [0.4, 0.5) is 5.95 Å². The Balaban J connectivity index is 1.65. The Bertz CT molecular complexity index is 683. The predicted octanol–water partition coefficient (Wildman–Crippen LogP) is -0.0388. The predicted molar refractivity (Wildman–Crippen MR) is 92.9 cm³/mol. The highest BCUT2D eigenvalue weighted by molar-refractivity contribution is 7.86. The molecule has 25 heavy (non-hydrogen) atoms. The van der Waals surface area contributed by atoms with Gasteiger partial charge in [-0.15, -0.1) is 0 Å². The van der Waals surface area contributed by atoms with E-state index in [1.54, 1.807) is 19.4 Å². The van der Waals surface area contributed by atoms with E-state index in [4.69, 9.17) is 9.47 Å². The molecular formula is C15H25N5O4S. The van der Waals surface area contributed by atoms with Crippen LogP contribution in [0.25, 0.3) is 0 Å². The summed E-state index contributed by atoms with van der Waals surface area (Å²) in [6.45, 7) is 6.49. The van der Waals surface area contributed by atoms with Crippen LogP contribution in [0.15, 0.2) is 12.3 Å². The molecule has 2 aliphatic heterocycles. The third-order valence-electron chi connectivity index (χ3n) is 4.39. The van der Waals surface area contributed by atoms with Crippen molar-refractivity contribution < 1.29 is 17.9 Å². The molecule has 0 bridgehead atoms. The second kappa shape index (κ2) is 7.40. The van der Waals surface area contributed by atoms with Crippen LogP contribution in [0, 0.1) is 0 Å². The summed E-state index contributed by atoms with van der Waals surface area (Å²) in [6.07, 6.45) is 1.45. The van der Waals surface area contributed by atoms with Gasteiger partial charge in [-0.25, -0.2) is 4.98 Å². The van der Waals surface area contributed by atoms with Crippen molar-refractivity contribution in [2.24, 2.45) is 0 Å². The second-order valence-corrected chi connectivity index (χ2v) is 8.30. The summed E-state index contributed by atoms with van der Waals surface area (Å²) >= 11 is 0. The Hall–Kier alpha value is -1.49. The van der Waals surface area contributed by atoms with Crippen molar-refractivity contribution in [2.45, 2.75) is 26.1 Å². The lowest BCUT2D eigenvalue weighted by Gasteiger charge is -2.40. The molecule has 3 heterocycles. The van der Waals surface area contributed by atoms with E-state index < -0.39 is 10.2 Å². The van der Waals surface area contributed by atoms with Gasteiger partial charge in [-0.05, 0) is 13.8 Å². The molecule has 2 fully saturated rings. The van der Waals surface area contributed by atoms with Gasteiger partial charge in [0, 0.05) is 51.5 Å². The third-order valence-corrected chi connectivity index (χ3v) is 6.36. The molecule has 10 heteroatoms. The number of rotatable bonds is 4. The molecule has 0 aromatic carbocycles. The summed E-state index contributed by atoms with van der Waals surface area (Å²) in [5.74, 6) is 1.06. The fourth-order valence-corrected chi connectivity index (χ4v) is 4.95. The van der Waals surface area contributed by atoms with Gasteiger partial charge in [0.25, 0.3) is 10.2 Å². The minimum Gasteiger partial charge on any atom is -0.481 e. The highest BCUT2D eigenvalue weighted by Crippen LogP contribution is 2.20. The second-order valence-electron chi connectivity index (χ2n) is 6.37. The number of aromatic nitrogens is 2. The van der Waals surface area contributed by atoms with Crippen molar-refractivity contribution in [3.63, 3.8) is 0 Å². The lowest BCUT2D eigenvalue weighted by atomic mass is 10.3. The summed E-state index contributed by atoms with van der Waals surface area (Å²) in [5.41, 5.74) is 0. The van der Waals surface area contributed by atoms with Crippen LogP contribution in [-0.4, -0.2) is 85.6 Å². The molecule has 2 aliphatic rings. The lowest BCUT2D eigenvalue weighted by Crippen LogP contribution is -2.57. The summed E-state index contributed by atoms with van der Waals surface area (Å²) in [4.78, 5) is 10.5. The van der Waals surface area contributed by atoms with E-state index in [0.717, 1.165) is 0 Å². The number of hydrogen-bond acceptors (Lipinski definition) is 7. The SMILES string of the molecule is COc1ccnc(N2CCN(S(=O)(=O)N3C[C@@H](C)O[C@@H](C)C3)CC2)n1. The van der Waals surface area contributed by atoms with Gasteiger partial charge in [0.1, 0.15) is 0 Å². The monoisotopic (exact) mass is 371 g/mol. The molecule has 0 aliphatic carbocycles. The highest BCUT2D eigenvalue weighted by atomic mass is 32.2. The molecule has 1 aromatic heterocycles. The summed E-state index contributed by atoms with van der Waals surface area (Å²) in [7, 11) is -1.92. The van der Waals surface area contributed by atoms with Crippen LogP contribution in [0.2, 0.25) is 0 Å². The smallest absolute Gasteiger partial charge is 0.282 e. The molecule has 0 amide bonds. The van der Waals surface area contributed by atoms with Crippen LogP contribution in [-0.2, 0) is 14.9 Å². The molecule has 1 aromatic rings. The average Bonchev–Trinajstić information content (AvgIpc) is 2.61. The molecule has 0 saturated carbocycles. The van der Waals surface area contributed by atoms with Gasteiger partial charge in [-0.3, -0.25) is 0 Å². The molecule has 9 nitrogen and oxygen atoms in total. The maximum Gasteiger partial charge on any atom is 0.282 e. The van der Waals surface area contributed by atoms with Gasteiger partial charge >= 0.3 is 0 Å². The van der Waals surface area contributed by atoms with Gasteiger partial charge in [-0.2, -0.15) is 22.0 Å². The van der Waals surface area contributed by atoms with Gasteiger partial charge in [0.05, 0.1) is 19.3 Å². The highest BCUT2D eigenvalue weighted by Gasteiger charge is 2.36. The van der Waals surface area contributed by atoms with Crippen molar-refractivity contribution >= 4 is 16.2 Å². The molecule has 140 valence electrons. The number of anilines is 1. The first-order chi connectivity index (χ1) is 11.9. The number of ether oxygens (including phenoxy) is 2. The number of nitrogens with zero attached hydrogens (tertiary/aromatic N) is 5. The molecule has 0 radical (unpaired) electrons. The van der Waals surface area contributed by atoms with Gasteiger partial charge in [0.15, 0.2) is 0 Å². The van der Waals surface area contributed by atoms with Crippen LogP contribution in [0.5, 0.6) is 5.88 Å². The van der Waals surface area contributed by atoms with Crippen molar-refractivity contribution in [2.75, 3.05) is 51.3 Å². The maximum absolute atomic E-state index is 12.9. The quantitative estimate of drug-likeness (QED) is 0.734. The zero-order valence-corrected chi connectivity index (χ0v) is 15.6. The van der Waals surface area contributed by atoms with Gasteiger partial charge in [0.2, 0.25) is 11.8 Å². The topological polar surface area (TPSA) is 88.1 Å². The van der Waals surface area contributed by atoms with Crippen molar-refractivity contribution in [3.8, 4) is 5.88 Å². The zero-order valence-electron chi connectivity index (χ0n) is 14.8. The largest absolute Gasteiger partial charge is 0.481 e. The van der Waals surface area contributed by atoms with E-state index in [-0.39, 0.29) is 12.2 Å². The Labute approximate surface area is 148 Å². The van der Waals surface area contributed by atoms with Crippen LogP contribution < -0.4 is 9.64 Å². The van der Waals surface area contributed by atoms with Gasteiger partial charge < -0.3 is 14.4 Å². The average molecular weight is 371 g/mol. The first kappa shape index (κ1) is 18.3. The Morgan fingerprint density at radius 3 is 2.36 bits per heavy atom. The molecule has 0 spiro atoms. The number of hydrogen-bond donors (Lipinski definition) is 0. The fraction of sp³-hybridized carbons (Fsp3) is 0.733. The molecule has 2 saturated heterocycles. The van der Waals surface area contributed by atoms with E-state index in [9.17, 15) is 8.42 Å². The molecule has 0 unspecified atom stereocenters. The molecule has 3 rings (SSSR count). The van der Waals surface area contributed by atoms with E-state index >= 15 is 0 Å². The molecule has 2 atom stereocenters. The minimum atomic E-state index is -3.47. The van der Waals surface area contributed by atoms with Crippen LogP contribution in [0.3, 0.4) is 0 Å². The molecular weight excluding hydrogens is 346 g/mol. The van der Waals surface area contributed by atoms with Crippen LogP contribution in [0.1, 0.15) is 13.8 Å². The number of methoxy groups -OCH3 is 1. The van der Waals surface area contributed by atoms with Crippen molar-refractivity contribution in [1.82, 2.24) is 18.6 Å². The Morgan fingerprint density at radius 1 is 1.12 bits per heavy atom. The maximum atomic E-state index is 12.9. The summed E-state index contributed by atoms with van der Waals surface area (Å²) in [5, 5.41) is 0. The third kappa shape index (κ3) is 4.02. The Morgan fingerprint density at radius 2 is 1.76 bits per heavy atom. The summed E-state index contributed by atoms with van der Waals surface area (Å²) < 4.78 is 39.6. The normalized spacial score (nSPS) is 26.6. The van der Waals surface area contributed by atoms with E-state index in [2.05, 4.69) is 9.97 Å².